The zero-order valence-corrected chi connectivity index (χ0v) is 10.3. The van der Waals surface area contributed by atoms with Crippen LogP contribution in [0.3, 0.4) is 0 Å². The van der Waals surface area contributed by atoms with Gasteiger partial charge in [-0.1, -0.05) is 6.07 Å². The lowest BCUT2D eigenvalue weighted by atomic mass is 10.1. The fourth-order valence-corrected chi connectivity index (χ4v) is 1.71. The predicted octanol–water partition coefficient (Wildman–Crippen LogP) is 1.22. The molecule has 6 nitrogen and oxygen atoms in total. The lowest BCUT2D eigenvalue weighted by Gasteiger charge is -2.11. The van der Waals surface area contributed by atoms with E-state index in [4.69, 9.17) is 10.8 Å². The average Bonchev–Trinajstić information content (AvgIpc) is 2.37. The monoisotopic (exact) mass is 259 g/mol. The number of nitrogens with zero attached hydrogens (tertiary/aromatic N) is 1. The highest BCUT2D eigenvalue weighted by Gasteiger charge is 2.11. The molecule has 0 fully saturated rings. The van der Waals surface area contributed by atoms with Gasteiger partial charge in [-0.2, -0.15) is 0 Å². The van der Waals surface area contributed by atoms with Crippen LogP contribution in [-0.4, -0.2) is 28.0 Å². The zero-order valence-electron chi connectivity index (χ0n) is 10.3. The van der Waals surface area contributed by atoms with E-state index in [1.165, 1.54) is 6.07 Å². The molecule has 1 aromatic carbocycles. The second kappa shape index (κ2) is 4.93. The van der Waals surface area contributed by atoms with Gasteiger partial charge in [0.25, 0.3) is 0 Å². The number of aromatic carboxylic acids is 1. The van der Waals surface area contributed by atoms with Gasteiger partial charge in [-0.05, 0) is 31.2 Å². The van der Waals surface area contributed by atoms with E-state index < -0.39 is 17.9 Å². The summed E-state index contributed by atoms with van der Waals surface area (Å²) < 4.78 is 0. The SMILES string of the molecule is CC(Nc1ccc2c(C(=O)O)cccc2n1)C(N)=O. The number of nitrogens with one attached hydrogen (secondary N) is 1. The van der Waals surface area contributed by atoms with Crippen molar-refractivity contribution in [1.29, 1.82) is 0 Å². The number of carbonyl (C=O) groups excluding carboxylic acids is 1. The van der Waals surface area contributed by atoms with Crippen molar-refractivity contribution < 1.29 is 14.7 Å². The summed E-state index contributed by atoms with van der Waals surface area (Å²) in [6.07, 6.45) is 0. The zero-order chi connectivity index (χ0) is 14.0. The van der Waals surface area contributed by atoms with Gasteiger partial charge in [0.15, 0.2) is 0 Å². The number of carboxylic acids is 1. The van der Waals surface area contributed by atoms with Gasteiger partial charge in [0.05, 0.1) is 11.1 Å². The highest BCUT2D eigenvalue weighted by Crippen LogP contribution is 2.19. The molecule has 0 saturated carbocycles. The molecule has 19 heavy (non-hydrogen) atoms. The van der Waals surface area contributed by atoms with E-state index >= 15 is 0 Å². The average molecular weight is 259 g/mol. The van der Waals surface area contributed by atoms with E-state index in [9.17, 15) is 9.59 Å². The van der Waals surface area contributed by atoms with Crippen molar-refractivity contribution in [3.8, 4) is 0 Å². The molecule has 0 radical (unpaired) electrons. The number of rotatable bonds is 4. The summed E-state index contributed by atoms with van der Waals surface area (Å²) in [5.41, 5.74) is 5.89. The Hall–Kier alpha value is -2.63. The second-order valence-corrected chi connectivity index (χ2v) is 4.14. The second-order valence-electron chi connectivity index (χ2n) is 4.14. The van der Waals surface area contributed by atoms with Crippen LogP contribution in [0.1, 0.15) is 17.3 Å². The summed E-state index contributed by atoms with van der Waals surface area (Å²) in [4.78, 5) is 26.3. The first kappa shape index (κ1) is 12.8. The van der Waals surface area contributed by atoms with Gasteiger partial charge in [-0.25, -0.2) is 9.78 Å². The number of amides is 1. The maximum atomic E-state index is 11.1. The Morgan fingerprint density at radius 3 is 2.68 bits per heavy atom. The number of hydrogen-bond donors (Lipinski definition) is 3. The van der Waals surface area contributed by atoms with E-state index in [0.717, 1.165) is 0 Å². The summed E-state index contributed by atoms with van der Waals surface area (Å²) in [6, 6.07) is 7.58. The van der Waals surface area contributed by atoms with Crippen molar-refractivity contribution in [2.45, 2.75) is 13.0 Å². The van der Waals surface area contributed by atoms with Crippen molar-refractivity contribution in [3.05, 3.63) is 35.9 Å². The van der Waals surface area contributed by atoms with Crippen molar-refractivity contribution in [2.75, 3.05) is 5.32 Å². The minimum atomic E-state index is -1.00. The third kappa shape index (κ3) is 2.62. The molecule has 2 rings (SSSR count). The highest BCUT2D eigenvalue weighted by molar-refractivity contribution is 6.02. The lowest BCUT2D eigenvalue weighted by molar-refractivity contribution is -0.118. The van der Waals surface area contributed by atoms with Gasteiger partial charge in [-0.15, -0.1) is 0 Å². The number of pyridine rings is 1. The van der Waals surface area contributed by atoms with Gasteiger partial charge in [0, 0.05) is 5.39 Å². The van der Waals surface area contributed by atoms with E-state index in [1.54, 1.807) is 31.2 Å². The molecule has 0 saturated heterocycles. The Morgan fingerprint density at radius 2 is 2.05 bits per heavy atom. The number of carboxylic acid groups (broad SMARTS) is 1. The molecule has 1 heterocycles. The van der Waals surface area contributed by atoms with E-state index in [2.05, 4.69) is 10.3 Å². The summed E-state index contributed by atoms with van der Waals surface area (Å²) >= 11 is 0. The normalized spacial score (nSPS) is 12.1. The molecule has 4 N–H and O–H groups in total. The van der Waals surface area contributed by atoms with Crippen LogP contribution in [0.25, 0.3) is 10.9 Å². The number of anilines is 1. The molecule has 0 spiro atoms. The topological polar surface area (TPSA) is 105 Å². The molecule has 1 amide bonds. The molecule has 0 aliphatic rings. The summed E-state index contributed by atoms with van der Waals surface area (Å²) in [6.45, 7) is 1.63. The summed E-state index contributed by atoms with van der Waals surface area (Å²) in [5.74, 6) is -1.01. The summed E-state index contributed by atoms with van der Waals surface area (Å²) in [5, 5.41) is 12.5. The Morgan fingerprint density at radius 1 is 1.32 bits per heavy atom. The Kier molecular flexibility index (Phi) is 3.33. The Balaban J connectivity index is 2.42. The van der Waals surface area contributed by atoms with Crippen molar-refractivity contribution in [2.24, 2.45) is 5.73 Å². The smallest absolute Gasteiger partial charge is 0.336 e. The molecule has 1 unspecified atom stereocenters. The molecule has 1 aromatic heterocycles. The first-order valence-corrected chi connectivity index (χ1v) is 5.68. The molecule has 0 bridgehead atoms. The van der Waals surface area contributed by atoms with Gasteiger partial charge < -0.3 is 16.2 Å². The molecule has 1 atom stereocenters. The van der Waals surface area contributed by atoms with Gasteiger partial charge >= 0.3 is 5.97 Å². The number of fused-ring (bicyclic) bond motifs is 1. The van der Waals surface area contributed by atoms with Gasteiger partial charge in [0.2, 0.25) is 5.91 Å². The minimum absolute atomic E-state index is 0.194. The summed E-state index contributed by atoms with van der Waals surface area (Å²) in [7, 11) is 0. The van der Waals surface area contributed by atoms with Gasteiger partial charge in [-0.3, -0.25) is 4.79 Å². The Labute approximate surface area is 109 Å². The maximum Gasteiger partial charge on any atom is 0.336 e. The molecule has 2 aromatic rings. The molecular weight excluding hydrogens is 246 g/mol. The minimum Gasteiger partial charge on any atom is -0.478 e. The number of benzene rings is 1. The van der Waals surface area contributed by atoms with E-state index in [-0.39, 0.29) is 5.56 Å². The Bertz CT molecular complexity index is 655. The highest BCUT2D eigenvalue weighted by atomic mass is 16.4. The van der Waals surface area contributed by atoms with Crippen LogP contribution < -0.4 is 11.1 Å². The predicted molar refractivity (Wildman–Crippen MR) is 71.0 cm³/mol. The van der Waals surface area contributed by atoms with Crippen LogP contribution in [-0.2, 0) is 4.79 Å². The van der Waals surface area contributed by atoms with Gasteiger partial charge in [0.1, 0.15) is 11.9 Å². The molecule has 0 aliphatic heterocycles. The van der Waals surface area contributed by atoms with Crippen molar-refractivity contribution in [1.82, 2.24) is 4.98 Å². The van der Waals surface area contributed by atoms with Crippen LogP contribution in [0, 0.1) is 0 Å². The molecule has 6 heteroatoms. The van der Waals surface area contributed by atoms with E-state index in [0.29, 0.717) is 16.7 Å². The number of nitrogens with two attached hydrogens (primary N) is 1. The van der Waals surface area contributed by atoms with Crippen LogP contribution in [0.4, 0.5) is 5.82 Å². The van der Waals surface area contributed by atoms with Crippen LogP contribution >= 0.6 is 0 Å². The van der Waals surface area contributed by atoms with Crippen LogP contribution in [0.5, 0.6) is 0 Å². The number of primary amides is 1. The first-order chi connectivity index (χ1) is 8.99. The third-order valence-electron chi connectivity index (χ3n) is 2.75. The fraction of sp³-hybridized carbons (Fsp3) is 0.154. The number of carbonyl (C=O) groups is 2. The molecule has 98 valence electrons. The lowest BCUT2D eigenvalue weighted by Crippen LogP contribution is -2.32. The standard InChI is InChI=1S/C13H13N3O3/c1-7(12(14)17)15-11-6-5-8-9(13(18)19)3-2-4-10(8)16-11/h2-7H,1H3,(H2,14,17)(H,15,16)(H,18,19). The van der Waals surface area contributed by atoms with Crippen molar-refractivity contribution >= 4 is 28.6 Å². The largest absolute Gasteiger partial charge is 0.478 e. The third-order valence-corrected chi connectivity index (χ3v) is 2.75. The molecular formula is C13H13N3O3. The van der Waals surface area contributed by atoms with E-state index in [1.807, 2.05) is 0 Å². The number of aromatic nitrogens is 1. The quantitative estimate of drug-likeness (QED) is 0.765. The fourth-order valence-electron chi connectivity index (χ4n) is 1.71. The van der Waals surface area contributed by atoms with Crippen molar-refractivity contribution in [3.63, 3.8) is 0 Å². The maximum absolute atomic E-state index is 11.1. The van der Waals surface area contributed by atoms with Crippen LogP contribution in [0.2, 0.25) is 0 Å². The number of hydrogen-bond acceptors (Lipinski definition) is 4. The van der Waals surface area contributed by atoms with Crippen LogP contribution in [0.15, 0.2) is 30.3 Å². The molecule has 0 aliphatic carbocycles. The first-order valence-electron chi connectivity index (χ1n) is 5.68.